The van der Waals surface area contributed by atoms with Crippen molar-refractivity contribution in [3.63, 3.8) is 0 Å². The molecule has 0 atom stereocenters. The predicted molar refractivity (Wildman–Crippen MR) is 55.0 cm³/mol. The lowest BCUT2D eigenvalue weighted by Crippen LogP contribution is -2.12. The van der Waals surface area contributed by atoms with E-state index in [1.807, 2.05) is 19.3 Å². The maximum atomic E-state index is 10.9. The van der Waals surface area contributed by atoms with Crippen LogP contribution in [0.2, 0.25) is 0 Å². The van der Waals surface area contributed by atoms with Crippen LogP contribution in [0.25, 0.3) is 11.3 Å². The van der Waals surface area contributed by atoms with Gasteiger partial charge in [0.2, 0.25) is 0 Å². The lowest BCUT2D eigenvalue weighted by atomic mass is 10.2. The number of aryl methyl sites for hydroxylation is 1. The third kappa shape index (κ3) is 1.85. The molecule has 2 heterocycles. The predicted octanol–water partition coefficient (Wildman–Crippen LogP) is 0.581. The molecule has 2 rings (SSSR count). The molecule has 0 bridgehead atoms. The minimum atomic E-state index is -0.527. The van der Waals surface area contributed by atoms with Gasteiger partial charge in [-0.2, -0.15) is 5.10 Å². The first-order valence-electron chi connectivity index (χ1n) is 4.42. The van der Waals surface area contributed by atoms with E-state index < -0.39 is 5.91 Å². The van der Waals surface area contributed by atoms with Crippen molar-refractivity contribution in [2.75, 3.05) is 0 Å². The highest BCUT2D eigenvalue weighted by molar-refractivity contribution is 5.91. The molecule has 0 saturated heterocycles. The van der Waals surface area contributed by atoms with Gasteiger partial charge in [0, 0.05) is 18.8 Å². The van der Waals surface area contributed by atoms with E-state index in [1.165, 1.54) is 0 Å². The standard InChI is InChI=1S/C10H10N4O/c1-14-6-7(5-12-14)8-3-2-4-9(13-8)10(11)15/h2-6H,1H3,(H2,11,15). The van der Waals surface area contributed by atoms with Gasteiger partial charge >= 0.3 is 0 Å². The summed E-state index contributed by atoms with van der Waals surface area (Å²) >= 11 is 0. The Morgan fingerprint density at radius 2 is 2.27 bits per heavy atom. The number of pyridine rings is 1. The van der Waals surface area contributed by atoms with Crippen LogP contribution in [-0.2, 0) is 7.05 Å². The monoisotopic (exact) mass is 202 g/mol. The number of nitrogens with zero attached hydrogens (tertiary/aromatic N) is 3. The summed E-state index contributed by atoms with van der Waals surface area (Å²) < 4.78 is 1.67. The number of carbonyl (C=O) groups is 1. The van der Waals surface area contributed by atoms with E-state index in [9.17, 15) is 4.79 Å². The van der Waals surface area contributed by atoms with Gasteiger partial charge in [0.1, 0.15) is 5.69 Å². The van der Waals surface area contributed by atoms with Crippen LogP contribution in [0.15, 0.2) is 30.6 Å². The maximum absolute atomic E-state index is 10.9. The van der Waals surface area contributed by atoms with Crippen LogP contribution >= 0.6 is 0 Å². The third-order valence-electron chi connectivity index (χ3n) is 2.00. The molecule has 0 spiro atoms. The molecule has 0 aliphatic heterocycles. The molecule has 76 valence electrons. The van der Waals surface area contributed by atoms with Crippen LogP contribution in [0.5, 0.6) is 0 Å². The van der Waals surface area contributed by atoms with E-state index >= 15 is 0 Å². The molecule has 5 heteroatoms. The molecule has 0 radical (unpaired) electrons. The van der Waals surface area contributed by atoms with Crippen molar-refractivity contribution in [2.45, 2.75) is 0 Å². The molecular formula is C10H10N4O. The topological polar surface area (TPSA) is 73.8 Å². The Labute approximate surface area is 86.5 Å². The second kappa shape index (κ2) is 3.53. The summed E-state index contributed by atoms with van der Waals surface area (Å²) in [5.41, 5.74) is 6.96. The quantitative estimate of drug-likeness (QED) is 0.774. The number of amides is 1. The van der Waals surface area contributed by atoms with Crippen LogP contribution in [0, 0.1) is 0 Å². The maximum Gasteiger partial charge on any atom is 0.267 e. The SMILES string of the molecule is Cn1cc(-c2cccc(C(N)=O)n2)cn1. The summed E-state index contributed by atoms with van der Waals surface area (Å²) in [6, 6.07) is 5.14. The average molecular weight is 202 g/mol. The molecule has 0 aromatic carbocycles. The summed E-state index contributed by atoms with van der Waals surface area (Å²) in [4.78, 5) is 15.1. The summed E-state index contributed by atoms with van der Waals surface area (Å²) in [5.74, 6) is -0.527. The summed E-state index contributed by atoms with van der Waals surface area (Å²) in [6.07, 6.45) is 3.51. The fourth-order valence-corrected chi connectivity index (χ4v) is 1.29. The number of nitrogens with two attached hydrogens (primary N) is 1. The number of hydrogen-bond donors (Lipinski definition) is 1. The second-order valence-electron chi connectivity index (χ2n) is 3.17. The largest absolute Gasteiger partial charge is 0.364 e. The smallest absolute Gasteiger partial charge is 0.267 e. The van der Waals surface area contributed by atoms with Crippen molar-refractivity contribution in [1.29, 1.82) is 0 Å². The van der Waals surface area contributed by atoms with Crippen molar-refractivity contribution >= 4 is 5.91 Å². The molecule has 0 aliphatic carbocycles. The highest BCUT2D eigenvalue weighted by atomic mass is 16.1. The summed E-state index contributed by atoms with van der Waals surface area (Å²) in [5, 5.41) is 4.03. The van der Waals surface area contributed by atoms with Gasteiger partial charge in [-0.1, -0.05) is 6.07 Å². The first-order valence-corrected chi connectivity index (χ1v) is 4.42. The number of aromatic nitrogens is 3. The Morgan fingerprint density at radius 1 is 1.47 bits per heavy atom. The van der Waals surface area contributed by atoms with E-state index in [2.05, 4.69) is 10.1 Å². The Hall–Kier alpha value is -2.17. The van der Waals surface area contributed by atoms with E-state index in [0.29, 0.717) is 5.69 Å². The Balaban J connectivity index is 2.45. The fraction of sp³-hybridized carbons (Fsp3) is 0.100. The minimum Gasteiger partial charge on any atom is -0.364 e. The third-order valence-corrected chi connectivity index (χ3v) is 2.00. The van der Waals surface area contributed by atoms with Crippen LogP contribution in [0.3, 0.4) is 0 Å². The van der Waals surface area contributed by atoms with Crippen molar-refractivity contribution in [2.24, 2.45) is 12.8 Å². The molecule has 2 N–H and O–H groups in total. The van der Waals surface area contributed by atoms with Crippen LogP contribution < -0.4 is 5.73 Å². The molecule has 2 aromatic rings. The zero-order valence-corrected chi connectivity index (χ0v) is 8.21. The van der Waals surface area contributed by atoms with Gasteiger partial charge in [-0.05, 0) is 12.1 Å². The molecule has 0 unspecified atom stereocenters. The number of hydrogen-bond acceptors (Lipinski definition) is 3. The van der Waals surface area contributed by atoms with E-state index in [4.69, 9.17) is 5.73 Å². The van der Waals surface area contributed by atoms with Crippen molar-refractivity contribution in [3.05, 3.63) is 36.3 Å². The van der Waals surface area contributed by atoms with Gasteiger partial charge in [-0.15, -0.1) is 0 Å². The normalized spacial score (nSPS) is 10.2. The minimum absolute atomic E-state index is 0.261. The highest BCUT2D eigenvalue weighted by Gasteiger charge is 2.05. The lowest BCUT2D eigenvalue weighted by molar-refractivity contribution is 0.0995. The molecule has 2 aromatic heterocycles. The van der Waals surface area contributed by atoms with Crippen molar-refractivity contribution in [3.8, 4) is 11.3 Å². The Kier molecular flexibility index (Phi) is 2.21. The van der Waals surface area contributed by atoms with E-state index in [1.54, 1.807) is 23.0 Å². The van der Waals surface area contributed by atoms with E-state index in [0.717, 1.165) is 5.56 Å². The van der Waals surface area contributed by atoms with Gasteiger partial charge in [-0.3, -0.25) is 9.48 Å². The van der Waals surface area contributed by atoms with E-state index in [-0.39, 0.29) is 5.69 Å². The van der Waals surface area contributed by atoms with Crippen LogP contribution in [0.1, 0.15) is 10.5 Å². The molecule has 5 nitrogen and oxygen atoms in total. The first-order chi connectivity index (χ1) is 7.16. The molecule has 1 amide bonds. The fourth-order valence-electron chi connectivity index (χ4n) is 1.29. The van der Waals surface area contributed by atoms with Gasteiger partial charge in [-0.25, -0.2) is 4.98 Å². The van der Waals surface area contributed by atoms with Crippen molar-refractivity contribution in [1.82, 2.24) is 14.8 Å². The zero-order valence-electron chi connectivity index (χ0n) is 8.21. The molecule has 0 fully saturated rings. The summed E-state index contributed by atoms with van der Waals surface area (Å²) in [7, 11) is 1.82. The molecule has 0 aliphatic rings. The van der Waals surface area contributed by atoms with Crippen LogP contribution in [0.4, 0.5) is 0 Å². The Bertz CT molecular complexity index is 504. The Morgan fingerprint density at radius 3 is 2.87 bits per heavy atom. The van der Waals surface area contributed by atoms with Gasteiger partial charge in [0.05, 0.1) is 11.9 Å². The lowest BCUT2D eigenvalue weighted by Gasteiger charge is -1.98. The number of primary amides is 1. The van der Waals surface area contributed by atoms with Gasteiger partial charge in [0.15, 0.2) is 0 Å². The van der Waals surface area contributed by atoms with Gasteiger partial charge < -0.3 is 5.73 Å². The van der Waals surface area contributed by atoms with Gasteiger partial charge in [0.25, 0.3) is 5.91 Å². The highest BCUT2D eigenvalue weighted by Crippen LogP contribution is 2.15. The molecule has 0 saturated carbocycles. The number of rotatable bonds is 2. The molecular weight excluding hydrogens is 192 g/mol. The molecule has 15 heavy (non-hydrogen) atoms. The number of carbonyl (C=O) groups excluding carboxylic acids is 1. The van der Waals surface area contributed by atoms with Crippen LogP contribution in [-0.4, -0.2) is 20.7 Å². The average Bonchev–Trinajstić information content (AvgIpc) is 2.65. The second-order valence-corrected chi connectivity index (χ2v) is 3.17. The zero-order chi connectivity index (χ0) is 10.8. The first kappa shape index (κ1) is 9.39. The van der Waals surface area contributed by atoms with Crippen molar-refractivity contribution < 1.29 is 4.79 Å². The summed E-state index contributed by atoms with van der Waals surface area (Å²) in [6.45, 7) is 0.